The molecule has 0 rings (SSSR count). The molecule has 0 saturated carbocycles. The van der Waals surface area contributed by atoms with Crippen molar-refractivity contribution in [1.29, 1.82) is 5.26 Å². The molecule has 0 aromatic rings. The minimum absolute atomic E-state index is 0.0766. The largest absolute Gasteiger partial charge is 0.480 e. The van der Waals surface area contributed by atoms with Gasteiger partial charge < -0.3 is 9.84 Å². The second-order valence-corrected chi connectivity index (χ2v) is 4.60. The Morgan fingerprint density at radius 1 is 1.60 bits per heavy atom. The number of hydrogen-bond acceptors (Lipinski definition) is 5. The Kier molecular flexibility index (Phi) is 5.84. The lowest BCUT2D eigenvalue weighted by Crippen LogP contribution is -2.39. The maximum Gasteiger partial charge on any atom is 0.318 e. The van der Waals surface area contributed by atoms with E-state index in [2.05, 4.69) is 4.74 Å². The Balaban J connectivity index is 4.62. The minimum atomic E-state index is -3.83. The molecule has 0 unspecified atom stereocenters. The molecule has 0 atom stereocenters. The van der Waals surface area contributed by atoms with Gasteiger partial charge in [-0.15, -0.1) is 0 Å². The highest BCUT2D eigenvalue weighted by Crippen LogP contribution is 2.00. The quantitative estimate of drug-likeness (QED) is 0.599. The molecule has 0 saturated heterocycles. The van der Waals surface area contributed by atoms with E-state index >= 15 is 0 Å². The molecule has 0 aromatic carbocycles. The molecule has 1 N–H and O–H groups in total. The van der Waals surface area contributed by atoms with E-state index in [1.807, 2.05) is 0 Å². The third-order valence-electron chi connectivity index (χ3n) is 1.50. The number of carboxylic acid groups (broad SMARTS) is 1. The van der Waals surface area contributed by atoms with Crippen molar-refractivity contribution in [2.24, 2.45) is 0 Å². The molecule has 0 spiro atoms. The average molecular weight is 236 g/mol. The van der Waals surface area contributed by atoms with Crippen LogP contribution in [0.15, 0.2) is 0 Å². The van der Waals surface area contributed by atoms with E-state index in [0.717, 1.165) is 0 Å². The molecule has 0 radical (unpaired) electrons. The predicted octanol–water partition coefficient (Wildman–Crippen LogP) is -1.13. The van der Waals surface area contributed by atoms with Crippen LogP contribution >= 0.6 is 0 Å². The van der Waals surface area contributed by atoms with Crippen LogP contribution in [0.4, 0.5) is 0 Å². The normalized spacial score (nSPS) is 11.3. The molecule has 0 aliphatic carbocycles. The number of ether oxygens (including phenoxy) is 1. The van der Waals surface area contributed by atoms with Crippen molar-refractivity contribution in [2.45, 2.75) is 0 Å². The van der Waals surface area contributed by atoms with Crippen LogP contribution in [0.5, 0.6) is 0 Å². The molecule has 0 aliphatic rings. The summed E-state index contributed by atoms with van der Waals surface area (Å²) in [5, 5.41) is 16.8. The minimum Gasteiger partial charge on any atom is -0.480 e. The average Bonchev–Trinajstić information content (AvgIpc) is 2.11. The van der Waals surface area contributed by atoms with Gasteiger partial charge in [-0.1, -0.05) is 0 Å². The maximum absolute atomic E-state index is 11.4. The molecular weight excluding hydrogens is 224 g/mol. The van der Waals surface area contributed by atoms with Gasteiger partial charge in [-0.3, -0.25) is 4.79 Å². The van der Waals surface area contributed by atoms with E-state index in [0.29, 0.717) is 4.31 Å². The molecule has 86 valence electrons. The van der Waals surface area contributed by atoms with Crippen molar-refractivity contribution in [1.82, 2.24) is 4.31 Å². The van der Waals surface area contributed by atoms with Crippen molar-refractivity contribution in [2.75, 3.05) is 32.6 Å². The van der Waals surface area contributed by atoms with Crippen LogP contribution in [0.2, 0.25) is 0 Å². The SMILES string of the molecule is COCCN(CC(=O)O)S(=O)(=O)CC#N. The first-order valence-electron chi connectivity index (χ1n) is 3.99. The molecule has 0 heterocycles. The highest BCUT2D eigenvalue weighted by molar-refractivity contribution is 7.89. The molecule has 8 heteroatoms. The summed E-state index contributed by atoms with van der Waals surface area (Å²) in [5.41, 5.74) is 0. The predicted molar refractivity (Wildman–Crippen MR) is 50.5 cm³/mol. The van der Waals surface area contributed by atoms with Crippen LogP contribution in [0.3, 0.4) is 0 Å². The van der Waals surface area contributed by atoms with Crippen LogP contribution in [-0.2, 0) is 19.6 Å². The number of rotatable bonds is 7. The van der Waals surface area contributed by atoms with Gasteiger partial charge >= 0.3 is 5.97 Å². The van der Waals surface area contributed by atoms with Gasteiger partial charge in [0.2, 0.25) is 10.0 Å². The first-order valence-corrected chi connectivity index (χ1v) is 5.60. The highest BCUT2D eigenvalue weighted by atomic mass is 32.2. The maximum atomic E-state index is 11.4. The van der Waals surface area contributed by atoms with Crippen LogP contribution in [-0.4, -0.2) is 56.4 Å². The summed E-state index contributed by atoms with van der Waals surface area (Å²) in [6.07, 6.45) is 0. The third-order valence-corrected chi connectivity index (χ3v) is 3.09. The van der Waals surface area contributed by atoms with Gasteiger partial charge in [0.25, 0.3) is 0 Å². The lowest BCUT2D eigenvalue weighted by atomic mass is 10.6. The van der Waals surface area contributed by atoms with Gasteiger partial charge in [-0.25, -0.2) is 8.42 Å². The number of hydrogen-bond donors (Lipinski definition) is 1. The van der Waals surface area contributed by atoms with E-state index in [1.54, 1.807) is 0 Å². The van der Waals surface area contributed by atoms with Crippen LogP contribution in [0, 0.1) is 11.3 Å². The second-order valence-electron chi connectivity index (χ2n) is 2.63. The van der Waals surface area contributed by atoms with E-state index in [-0.39, 0.29) is 13.2 Å². The zero-order chi connectivity index (χ0) is 11.9. The molecular formula is C7H12N2O5S. The molecule has 0 bridgehead atoms. The number of carboxylic acids is 1. The Bertz CT molecular complexity index is 345. The number of methoxy groups -OCH3 is 1. The molecule has 0 amide bonds. The van der Waals surface area contributed by atoms with E-state index in [4.69, 9.17) is 10.4 Å². The van der Waals surface area contributed by atoms with Gasteiger partial charge in [-0.05, 0) is 0 Å². The summed E-state index contributed by atoms with van der Waals surface area (Å²) in [4.78, 5) is 10.4. The Labute approximate surface area is 87.9 Å². The number of carbonyl (C=O) groups is 1. The summed E-state index contributed by atoms with van der Waals surface area (Å²) in [5.74, 6) is -2.00. The standard InChI is InChI=1S/C7H12N2O5S/c1-14-4-3-9(6-7(10)11)15(12,13)5-2-8/h3-6H2,1H3,(H,10,11). The fraction of sp³-hybridized carbons (Fsp3) is 0.714. The van der Waals surface area contributed by atoms with E-state index < -0.39 is 28.3 Å². The fourth-order valence-electron chi connectivity index (χ4n) is 0.833. The van der Waals surface area contributed by atoms with Gasteiger partial charge in [-0.2, -0.15) is 9.57 Å². The number of sulfonamides is 1. The molecule has 7 nitrogen and oxygen atoms in total. The van der Waals surface area contributed by atoms with E-state index in [1.165, 1.54) is 13.2 Å². The van der Waals surface area contributed by atoms with Crippen molar-refractivity contribution < 1.29 is 23.1 Å². The molecule has 0 fully saturated rings. The lowest BCUT2D eigenvalue weighted by Gasteiger charge is -2.17. The Morgan fingerprint density at radius 2 is 2.20 bits per heavy atom. The first kappa shape index (κ1) is 13.8. The van der Waals surface area contributed by atoms with Crippen molar-refractivity contribution >= 4 is 16.0 Å². The molecule has 0 aliphatic heterocycles. The lowest BCUT2D eigenvalue weighted by molar-refractivity contribution is -0.137. The van der Waals surface area contributed by atoms with Gasteiger partial charge in [0.15, 0.2) is 5.75 Å². The summed E-state index contributed by atoms with van der Waals surface area (Å²) < 4.78 is 28.1. The van der Waals surface area contributed by atoms with Crippen LogP contribution in [0.25, 0.3) is 0 Å². The fourth-order valence-corrected chi connectivity index (χ4v) is 1.84. The van der Waals surface area contributed by atoms with Crippen molar-refractivity contribution in [3.05, 3.63) is 0 Å². The second kappa shape index (κ2) is 6.34. The Hall–Kier alpha value is -1.17. The van der Waals surface area contributed by atoms with Crippen molar-refractivity contribution in [3.63, 3.8) is 0 Å². The van der Waals surface area contributed by atoms with Gasteiger partial charge in [0.05, 0.1) is 12.7 Å². The van der Waals surface area contributed by atoms with Crippen LogP contribution in [0.1, 0.15) is 0 Å². The van der Waals surface area contributed by atoms with E-state index in [9.17, 15) is 13.2 Å². The van der Waals surface area contributed by atoms with Crippen LogP contribution < -0.4 is 0 Å². The summed E-state index contributed by atoms with van der Waals surface area (Å²) in [6.45, 7) is -0.655. The zero-order valence-electron chi connectivity index (χ0n) is 8.21. The molecule has 0 aromatic heterocycles. The number of nitriles is 1. The molecule has 15 heavy (non-hydrogen) atoms. The smallest absolute Gasteiger partial charge is 0.318 e. The van der Waals surface area contributed by atoms with Gasteiger partial charge in [0, 0.05) is 13.7 Å². The van der Waals surface area contributed by atoms with Crippen molar-refractivity contribution in [3.8, 4) is 6.07 Å². The Morgan fingerprint density at radius 3 is 2.60 bits per heavy atom. The number of nitrogens with zero attached hydrogens (tertiary/aromatic N) is 2. The monoisotopic (exact) mass is 236 g/mol. The summed E-state index contributed by atoms with van der Waals surface area (Å²) >= 11 is 0. The third kappa shape index (κ3) is 5.31. The van der Waals surface area contributed by atoms with Gasteiger partial charge in [0.1, 0.15) is 6.54 Å². The summed E-state index contributed by atoms with van der Waals surface area (Å²) in [6, 6.07) is 1.47. The zero-order valence-corrected chi connectivity index (χ0v) is 9.03. The highest BCUT2D eigenvalue weighted by Gasteiger charge is 2.23. The number of aliphatic carboxylic acids is 1. The first-order chi connectivity index (χ1) is 6.94. The summed E-state index contributed by atoms with van der Waals surface area (Å²) in [7, 11) is -2.46. The topological polar surface area (TPSA) is 108 Å².